The highest BCUT2D eigenvalue weighted by atomic mass is 79.9. The molecule has 0 aromatic heterocycles. The predicted molar refractivity (Wildman–Crippen MR) is 79.1 cm³/mol. The van der Waals surface area contributed by atoms with E-state index >= 15 is 0 Å². The molecule has 1 aliphatic heterocycles. The van der Waals surface area contributed by atoms with Crippen molar-refractivity contribution in [2.75, 3.05) is 19.7 Å². The van der Waals surface area contributed by atoms with Crippen LogP contribution in [0.2, 0.25) is 0 Å². The Labute approximate surface area is 118 Å². The molecular formula is C15H22BrNO. The number of hydrogen-bond acceptors (Lipinski definition) is 2. The molecule has 0 amide bonds. The van der Waals surface area contributed by atoms with Gasteiger partial charge in [-0.15, -0.1) is 0 Å². The molecule has 0 spiro atoms. The van der Waals surface area contributed by atoms with E-state index in [1.54, 1.807) is 0 Å². The van der Waals surface area contributed by atoms with Crippen molar-refractivity contribution in [1.82, 2.24) is 4.90 Å². The van der Waals surface area contributed by atoms with Crippen LogP contribution in [0.25, 0.3) is 0 Å². The predicted octanol–water partition coefficient (Wildman–Crippen LogP) is 3.95. The average Bonchev–Trinajstić information content (AvgIpc) is 2.37. The third-order valence-electron chi connectivity index (χ3n) is 3.97. The summed E-state index contributed by atoms with van der Waals surface area (Å²) in [4.78, 5) is 2.55. The van der Waals surface area contributed by atoms with E-state index < -0.39 is 0 Å². The smallest absolute Gasteiger partial charge is 0.119 e. The molecular weight excluding hydrogens is 290 g/mol. The monoisotopic (exact) mass is 311 g/mol. The molecule has 1 saturated heterocycles. The van der Waals surface area contributed by atoms with Crippen molar-refractivity contribution < 1.29 is 4.74 Å². The van der Waals surface area contributed by atoms with E-state index in [2.05, 4.69) is 34.7 Å². The van der Waals surface area contributed by atoms with Crippen molar-refractivity contribution in [2.24, 2.45) is 5.92 Å². The second kappa shape index (κ2) is 6.58. The number of benzene rings is 1. The first-order valence-corrected chi connectivity index (χ1v) is 7.58. The topological polar surface area (TPSA) is 12.5 Å². The maximum absolute atomic E-state index is 5.78. The molecule has 0 saturated carbocycles. The van der Waals surface area contributed by atoms with Gasteiger partial charge in [-0.3, -0.25) is 4.90 Å². The van der Waals surface area contributed by atoms with Gasteiger partial charge in [0.25, 0.3) is 0 Å². The van der Waals surface area contributed by atoms with Crippen LogP contribution in [0, 0.1) is 5.92 Å². The molecule has 100 valence electrons. The Kier molecular flexibility index (Phi) is 5.07. The van der Waals surface area contributed by atoms with Gasteiger partial charge in [0.15, 0.2) is 0 Å². The highest BCUT2D eigenvalue weighted by molar-refractivity contribution is 9.10. The van der Waals surface area contributed by atoms with Crippen molar-refractivity contribution in [3.8, 4) is 5.75 Å². The van der Waals surface area contributed by atoms with Crippen LogP contribution >= 0.6 is 15.9 Å². The Morgan fingerprint density at radius 1 is 1.28 bits per heavy atom. The lowest BCUT2D eigenvalue weighted by Crippen LogP contribution is -2.44. The standard InChI is InChI=1S/C15H22BrNO/c1-12-4-3-9-17(13(12)2)10-11-18-15-7-5-14(16)6-8-15/h5-8,12-13H,3-4,9-11H2,1-2H3. The molecule has 2 unspecified atom stereocenters. The van der Waals surface area contributed by atoms with E-state index in [0.29, 0.717) is 6.04 Å². The van der Waals surface area contributed by atoms with Crippen molar-refractivity contribution >= 4 is 15.9 Å². The summed E-state index contributed by atoms with van der Waals surface area (Å²) in [7, 11) is 0. The lowest BCUT2D eigenvalue weighted by molar-refractivity contribution is 0.0958. The van der Waals surface area contributed by atoms with Gasteiger partial charge in [-0.2, -0.15) is 0 Å². The molecule has 1 aromatic carbocycles. The van der Waals surface area contributed by atoms with Crippen LogP contribution in [-0.2, 0) is 0 Å². The van der Waals surface area contributed by atoms with Gasteiger partial charge in [0, 0.05) is 17.1 Å². The Bertz CT molecular complexity index is 365. The maximum atomic E-state index is 5.78. The number of piperidine rings is 1. The number of halogens is 1. The van der Waals surface area contributed by atoms with Gasteiger partial charge < -0.3 is 4.74 Å². The summed E-state index contributed by atoms with van der Waals surface area (Å²) in [6.07, 6.45) is 2.69. The van der Waals surface area contributed by atoms with Crippen LogP contribution in [0.5, 0.6) is 5.75 Å². The summed E-state index contributed by atoms with van der Waals surface area (Å²) in [5.41, 5.74) is 0. The summed E-state index contributed by atoms with van der Waals surface area (Å²) in [5, 5.41) is 0. The molecule has 1 aliphatic rings. The van der Waals surface area contributed by atoms with E-state index in [1.165, 1.54) is 19.4 Å². The Morgan fingerprint density at radius 2 is 2.00 bits per heavy atom. The second-order valence-corrected chi connectivity index (χ2v) is 6.11. The molecule has 0 bridgehead atoms. The van der Waals surface area contributed by atoms with Gasteiger partial charge in [0.05, 0.1) is 0 Å². The van der Waals surface area contributed by atoms with Crippen molar-refractivity contribution in [3.05, 3.63) is 28.7 Å². The van der Waals surface area contributed by atoms with Gasteiger partial charge in [0.1, 0.15) is 12.4 Å². The van der Waals surface area contributed by atoms with Gasteiger partial charge in [-0.05, 0) is 56.5 Å². The third-order valence-corrected chi connectivity index (χ3v) is 4.49. The fourth-order valence-electron chi connectivity index (χ4n) is 2.55. The van der Waals surface area contributed by atoms with E-state index in [4.69, 9.17) is 4.74 Å². The zero-order chi connectivity index (χ0) is 13.0. The van der Waals surface area contributed by atoms with Gasteiger partial charge in [-0.1, -0.05) is 22.9 Å². The summed E-state index contributed by atoms with van der Waals surface area (Å²) >= 11 is 3.43. The first kappa shape index (κ1) is 13.9. The molecule has 1 aromatic rings. The van der Waals surface area contributed by atoms with Crippen molar-refractivity contribution in [2.45, 2.75) is 32.7 Å². The SMILES string of the molecule is CC1CCCN(CCOc2ccc(Br)cc2)C1C. The lowest BCUT2D eigenvalue weighted by Gasteiger charge is -2.37. The van der Waals surface area contributed by atoms with E-state index in [0.717, 1.165) is 29.3 Å². The van der Waals surface area contributed by atoms with Crippen LogP contribution in [0.3, 0.4) is 0 Å². The molecule has 2 nitrogen and oxygen atoms in total. The largest absolute Gasteiger partial charge is 0.492 e. The fraction of sp³-hybridized carbons (Fsp3) is 0.600. The van der Waals surface area contributed by atoms with Crippen LogP contribution < -0.4 is 4.74 Å². The number of rotatable bonds is 4. The minimum Gasteiger partial charge on any atom is -0.492 e. The number of nitrogens with zero attached hydrogens (tertiary/aromatic N) is 1. The minimum absolute atomic E-state index is 0.687. The Morgan fingerprint density at radius 3 is 2.72 bits per heavy atom. The number of hydrogen-bond donors (Lipinski definition) is 0. The first-order chi connectivity index (χ1) is 8.66. The van der Waals surface area contributed by atoms with Crippen LogP contribution in [0.1, 0.15) is 26.7 Å². The van der Waals surface area contributed by atoms with Gasteiger partial charge >= 0.3 is 0 Å². The van der Waals surface area contributed by atoms with Gasteiger partial charge in [0.2, 0.25) is 0 Å². The summed E-state index contributed by atoms with van der Waals surface area (Å²) < 4.78 is 6.88. The average molecular weight is 312 g/mol. The molecule has 0 aliphatic carbocycles. The minimum atomic E-state index is 0.687. The van der Waals surface area contributed by atoms with Crippen LogP contribution in [0.15, 0.2) is 28.7 Å². The molecule has 1 heterocycles. The molecule has 2 rings (SSSR count). The van der Waals surface area contributed by atoms with E-state index in [-0.39, 0.29) is 0 Å². The van der Waals surface area contributed by atoms with Crippen LogP contribution in [0.4, 0.5) is 0 Å². The number of ether oxygens (including phenoxy) is 1. The summed E-state index contributed by atoms with van der Waals surface area (Å²) in [6.45, 7) is 7.71. The summed E-state index contributed by atoms with van der Waals surface area (Å²) in [5.74, 6) is 1.77. The second-order valence-electron chi connectivity index (χ2n) is 5.20. The quantitative estimate of drug-likeness (QED) is 0.835. The molecule has 0 radical (unpaired) electrons. The van der Waals surface area contributed by atoms with Gasteiger partial charge in [-0.25, -0.2) is 0 Å². The third kappa shape index (κ3) is 3.72. The van der Waals surface area contributed by atoms with Crippen LogP contribution in [-0.4, -0.2) is 30.6 Å². The zero-order valence-corrected chi connectivity index (χ0v) is 12.8. The van der Waals surface area contributed by atoms with E-state index in [1.807, 2.05) is 24.3 Å². The fourth-order valence-corrected chi connectivity index (χ4v) is 2.81. The summed E-state index contributed by atoms with van der Waals surface area (Å²) in [6, 6.07) is 8.73. The Hall–Kier alpha value is -0.540. The number of likely N-dealkylation sites (tertiary alicyclic amines) is 1. The maximum Gasteiger partial charge on any atom is 0.119 e. The lowest BCUT2D eigenvalue weighted by atomic mass is 9.92. The first-order valence-electron chi connectivity index (χ1n) is 6.79. The van der Waals surface area contributed by atoms with Crippen molar-refractivity contribution in [1.29, 1.82) is 0 Å². The Balaban J connectivity index is 1.76. The highest BCUT2D eigenvalue weighted by Crippen LogP contribution is 2.22. The highest BCUT2D eigenvalue weighted by Gasteiger charge is 2.23. The molecule has 1 fully saturated rings. The zero-order valence-electron chi connectivity index (χ0n) is 11.2. The molecule has 2 atom stereocenters. The molecule has 18 heavy (non-hydrogen) atoms. The molecule has 0 N–H and O–H groups in total. The molecule has 3 heteroatoms. The normalized spacial score (nSPS) is 25.1. The van der Waals surface area contributed by atoms with Crippen molar-refractivity contribution in [3.63, 3.8) is 0 Å². The van der Waals surface area contributed by atoms with E-state index in [9.17, 15) is 0 Å².